The van der Waals surface area contributed by atoms with Crippen LogP contribution in [0.15, 0.2) is 36.7 Å². The molecule has 4 nitrogen and oxygen atoms in total. The highest BCUT2D eigenvalue weighted by Gasteiger charge is 2.05. The first kappa shape index (κ1) is 14.4. The molecular weight excluding hydrogens is 255 g/mol. The van der Waals surface area contributed by atoms with Gasteiger partial charge in [-0.2, -0.15) is 0 Å². The van der Waals surface area contributed by atoms with E-state index in [-0.39, 0.29) is 5.82 Å². The van der Waals surface area contributed by atoms with Crippen LogP contribution in [0, 0.1) is 5.82 Å². The normalized spacial score (nSPS) is 10.6. The summed E-state index contributed by atoms with van der Waals surface area (Å²) in [5.41, 5.74) is 1.95. The Labute approximate surface area is 118 Å². The predicted octanol–water partition coefficient (Wildman–Crippen LogP) is 2.36. The lowest BCUT2D eigenvalue weighted by Gasteiger charge is -2.18. The summed E-state index contributed by atoms with van der Waals surface area (Å²) in [5.74, 6) is 0.591. The highest BCUT2D eigenvalue weighted by Crippen LogP contribution is 2.12. The van der Waals surface area contributed by atoms with Crippen LogP contribution >= 0.6 is 0 Å². The van der Waals surface area contributed by atoms with Crippen molar-refractivity contribution in [3.63, 3.8) is 0 Å². The second-order valence-electron chi connectivity index (χ2n) is 4.63. The molecule has 1 aromatic carbocycles. The number of halogens is 1. The zero-order valence-corrected chi connectivity index (χ0v) is 11.8. The standard InChI is InChI=1S/C15H19FN4/c1-3-17-8-14-9-18-10-15(19-14)20(2)11-12-4-6-13(16)7-5-12/h4-7,9-10,17H,3,8,11H2,1-2H3. The SMILES string of the molecule is CCNCc1cncc(N(C)Cc2ccc(F)cc2)n1. The van der Waals surface area contributed by atoms with E-state index in [9.17, 15) is 4.39 Å². The average molecular weight is 274 g/mol. The molecule has 1 aromatic heterocycles. The van der Waals surface area contributed by atoms with Gasteiger partial charge in [0, 0.05) is 26.3 Å². The van der Waals surface area contributed by atoms with Crippen molar-refractivity contribution in [2.24, 2.45) is 0 Å². The Balaban J connectivity index is 2.04. The highest BCUT2D eigenvalue weighted by atomic mass is 19.1. The number of benzene rings is 1. The van der Waals surface area contributed by atoms with E-state index in [1.54, 1.807) is 24.5 Å². The van der Waals surface area contributed by atoms with E-state index in [4.69, 9.17) is 0 Å². The summed E-state index contributed by atoms with van der Waals surface area (Å²) in [6, 6.07) is 6.50. The Kier molecular flexibility index (Phi) is 5.01. The first-order valence-electron chi connectivity index (χ1n) is 6.66. The van der Waals surface area contributed by atoms with E-state index in [2.05, 4.69) is 22.2 Å². The van der Waals surface area contributed by atoms with Gasteiger partial charge in [-0.05, 0) is 24.2 Å². The minimum Gasteiger partial charge on any atom is -0.354 e. The van der Waals surface area contributed by atoms with E-state index in [0.717, 1.165) is 23.6 Å². The van der Waals surface area contributed by atoms with Crippen LogP contribution in [0.3, 0.4) is 0 Å². The number of nitrogens with zero attached hydrogens (tertiary/aromatic N) is 3. The third kappa shape index (κ3) is 3.99. The van der Waals surface area contributed by atoms with Gasteiger partial charge in [0.05, 0.1) is 11.9 Å². The molecule has 1 N–H and O–H groups in total. The third-order valence-corrected chi connectivity index (χ3v) is 2.95. The van der Waals surface area contributed by atoms with Crippen LogP contribution in [0.4, 0.5) is 10.2 Å². The number of hydrogen-bond acceptors (Lipinski definition) is 4. The quantitative estimate of drug-likeness (QED) is 0.878. The number of nitrogens with one attached hydrogen (secondary N) is 1. The van der Waals surface area contributed by atoms with Crippen LogP contribution in [0.5, 0.6) is 0 Å². The molecule has 0 aliphatic heterocycles. The van der Waals surface area contributed by atoms with Gasteiger partial charge in [-0.15, -0.1) is 0 Å². The number of hydrogen-bond donors (Lipinski definition) is 1. The van der Waals surface area contributed by atoms with Crippen LogP contribution in [-0.4, -0.2) is 23.6 Å². The van der Waals surface area contributed by atoms with Crippen molar-refractivity contribution < 1.29 is 4.39 Å². The van der Waals surface area contributed by atoms with E-state index in [1.807, 2.05) is 11.9 Å². The summed E-state index contributed by atoms with van der Waals surface area (Å²) in [7, 11) is 1.95. The Morgan fingerprint density at radius 2 is 1.95 bits per heavy atom. The maximum Gasteiger partial charge on any atom is 0.147 e. The second kappa shape index (κ2) is 6.96. The van der Waals surface area contributed by atoms with Crippen molar-refractivity contribution in [1.29, 1.82) is 0 Å². The van der Waals surface area contributed by atoms with Gasteiger partial charge in [0.1, 0.15) is 11.6 Å². The molecule has 0 aliphatic carbocycles. The Morgan fingerprint density at radius 3 is 2.65 bits per heavy atom. The van der Waals surface area contributed by atoms with Gasteiger partial charge < -0.3 is 10.2 Å². The fourth-order valence-corrected chi connectivity index (χ4v) is 1.86. The molecule has 5 heteroatoms. The number of anilines is 1. The molecule has 2 aromatic rings. The first-order chi connectivity index (χ1) is 9.69. The van der Waals surface area contributed by atoms with Crippen molar-refractivity contribution in [2.45, 2.75) is 20.0 Å². The number of aromatic nitrogens is 2. The maximum atomic E-state index is 12.9. The van der Waals surface area contributed by atoms with Crippen LogP contribution in [0.25, 0.3) is 0 Å². The molecule has 0 fully saturated rings. The molecule has 106 valence electrons. The van der Waals surface area contributed by atoms with Gasteiger partial charge in [0.2, 0.25) is 0 Å². The summed E-state index contributed by atoms with van der Waals surface area (Å²) < 4.78 is 12.9. The average Bonchev–Trinajstić information content (AvgIpc) is 2.48. The molecule has 2 rings (SSSR count). The lowest BCUT2D eigenvalue weighted by molar-refractivity contribution is 0.627. The summed E-state index contributed by atoms with van der Waals surface area (Å²) in [6.45, 7) is 4.33. The second-order valence-corrected chi connectivity index (χ2v) is 4.63. The third-order valence-electron chi connectivity index (χ3n) is 2.95. The van der Waals surface area contributed by atoms with Crippen LogP contribution < -0.4 is 10.2 Å². The molecular formula is C15H19FN4. The minimum atomic E-state index is -0.219. The molecule has 0 saturated heterocycles. The molecule has 0 spiro atoms. The number of rotatable bonds is 6. The van der Waals surface area contributed by atoms with Gasteiger partial charge in [-0.25, -0.2) is 9.37 Å². The Bertz CT molecular complexity index is 542. The Hall–Kier alpha value is -2.01. The van der Waals surface area contributed by atoms with Crippen LogP contribution in [-0.2, 0) is 13.1 Å². The molecule has 0 bridgehead atoms. The van der Waals surface area contributed by atoms with Crippen molar-refractivity contribution in [2.75, 3.05) is 18.5 Å². The van der Waals surface area contributed by atoms with Crippen LogP contribution in [0.2, 0.25) is 0 Å². The summed E-state index contributed by atoms with van der Waals surface area (Å²) in [6.07, 6.45) is 3.50. The van der Waals surface area contributed by atoms with Crippen molar-refractivity contribution in [1.82, 2.24) is 15.3 Å². The molecule has 0 unspecified atom stereocenters. The van der Waals surface area contributed by atoms with Gasteiger partial charge in [-0.3, -0.25) is 4.98 Å². The lowest BCUT2D eigenvalue weighted by atomic mass is 10.2. The van der Waals surface area contributed by atoms with E-state index < -0.39 is 0 Å². The van der Waals surface area contributed by atoms with Crippen molar-refractivity contribution in [3.05, 3.63) is 53.7 Å². The molecule has 0 radical (unpaired) electrons. The highest BCUT2D eigenvalue weighted by molar-refractivity contribution is 5.36. The van der Waals surface area contributed by atoms with Crippen molar-refractivity contribution in [3.8, 4) is 0 Å². The van der Waals surface area contributed by atoms with Gasteiger partial charge in [0.25, 0.3) is 0 Å². The van der Waals surface area contributed by atoms with Crippen molar-refractivity contribution >= 4 is 5.82 Å². The largest absolute Gasteiger partial charge is 0.354 e. The van der Waals surface area contributed by atoms with Gasteiger partial charge in [0.15, 0.2) is 0 Å². The van der Waals surface area contributed by atoms with Crippen LogP contribution in [0.1, 0.15) is 18.2 Å². The van der Waals surface area contributed by atoms with E-state index >= 15 is 0 Å². The molecule has 0 aliphatic rings. The summed E-state index contributed by atoms with van der Waals surface area (Å²) in [5, 5.41) is 3.22. The Morgan fingerprint density at radius 1 is 1.20 bits per heavy atom. The van der Waals surface area contributed by atoms with Gasteiger partial charge >= 0.3 is 0 Å². The smallest absolute Gasteiger partial charge is 0.147 e. The van der Waals surface area contributed by atoms with E-state index in [1.165, 1.54) is 12.1 Å². The lowest BCUT2D eigenvalue weighted by Crippen LogP contribution is -2.20. The predicted molar refractivity (Wildman–Crippen MR) is 77.9 cm³/mol. The summed E-state index contributed by atoms with van der Waals surface area (Å²) >= 11 is 0. The molecule has 0 saturated carbocycles. The molecule has 0 amide bonds. The fourth-order valence-electron chi connectivity index (χ4n) is 1.86. The zero-order valence-electron chi connectivity index (χ0n) is 11.8. The summed E-state index contributed by atoms with van der Waals surface area (Å²) in [4.78, 5) is 10.8. The maximum absolute atomic E-state index is 12.9. The minimum absolute atomic E-state index is 0.219. The molecule has 1 heterocycles. The van der Waals surface area contributed by atoms with E-state index in [0.29, 0.717) is 13.1 Å². The fraction of sp³-hybridized carbons (Fsp3) is 0.333. The molecule has 0 atom stereocenters. The van der Waals surface area contributed by atoms with Gasteiger partial charge in [-0.1, -0.05) is 19.1 Å². The first-order valence-corrected chi connectivity index (χ1v) is 6.66. The zero-order chi connectivity index (χ0) is 14.4. The monoisotopic (exact) mass is 274 g/mol. The molecule has 20 heavy (non-hydrogen) atoms. The topological polar surface area (TPSA) is 41.1 Å².